The zero-order valence-electron chi connectivity index (χ0n) is 14.0. The van der Waals surface area contributed by atoms with Gasteiger partial charge in [0.15, 0.2) is 0 Å². The van der Waals surface area contributed by atoms with Gasteiger partial charge in [-0.05, 0) is 30.7 Å². The molecule has 5 heteroatoms. The van der Waals surface area contributed by atoms with Gasteiger partial charge in [-0.25, -0.2) is 4.98 Å². The Hall–Kier alpha value is -2.43. The SMILES string of the molecule is CCc1cc(NC(c2ccccc2)C2CCCC2)n2ncnc2n1. The minimum absolute atomic E-state index is 0.299. The Morgan fingerprint density at radius 1 is 1.21 bits per heavy atom. The van der Waals surface area contributed by atoms with Gasteiger partial charge in [-0.2, -0.15) is 14.6 Å². The van der Waals surface area contributed by atoms with Crippen LogP contribution < -0.4 is 5.32 Å². The Kier molecular flexibility index (Phi) is 4.15. The zero-order chi connectivity index (χ0) is 16.4. The lowest BCUT2D eigenvalue weighted by molar-refractivity contribution is 0.468. The van der Waals surface area contributed by atoms with Crippen molar-refractivity contribution in [1.29, 1.82) is 0 Å². The van der Waals surface area contributed by atoms with Crippen LogP contribution in [-0.2, 0) is 6.42 Å². The molecular weight excluding hydrogens is 298 g/mol. The lowest BCUT2D eigenvalue weighted by Crippen LogP contribution is -2.21. The molecule has 0 aliphatic heterocycles. The van der Waals surface area contributed by atoms with Crippen LogP contribution in [0, 0.1) is 5.92 Å². The molecule has 5 nitrogen and oxygen atoms in total. The molecule has 1 unspecified atom stereocenters. The van der Waals surface area contributed by atoms with Crippen molar-refractivity contribution in [3.8, 4) is 0 Å². The highest BCUT2D eigenvalue weighted by atomic mass is 15.4. The van der Waals surface area contributed by atoms with E-state index in [1.54, 1.807) is 6.33 Å². The first-order chi connectivity index (χ1) is 11.8. The third-order valence-electron chi connectivity index (χ3n) is 5.00. The summed E-state index contributed by atoms with van der Waals surface area (Å²) in [4.78, 5) is 8.81. The summed E-state index contributed by atoms with van der Waals surface area (Å²) in [7, 11) is 0. The standard InChI is InChI=1S/C19H23N5/c1-2-16-12-17(24-19(22-16)20-13-21-24)23-18(15-10-6-7-11-15)14-8-4-3-5-9-14/h3-5,8-9,12-13,15,18,23H,2,6-7,10-11H2,1H3. The molecule has 0 radical (unpaired) electrons. The number of anilines is 1. The summed E-state index contributed by atoms with van der Waals surface area (Å²) >= 11 is 0. The van der Waals surface area contributed by atoms with Crippen molar-refractivity contribution >= 4 is 11.6 Å². The molecule has 4 rings (SSSR count). The molecule has 0 bridgehead atoms. The first-order valence-electron chi connectivity index (χ1n) is 8.86. The number of rotatable bonds is 5. The highest BCUT2D eigenvalue weighted by Crippen LogP contribution is 2.37. The summed E-state index contributed by atoms with van der Waals surface area (Å²) in [5.74, 6) is 2.30. The quantitative estimate of drug-likeness (QED) is 0.771. The largest absolute Gasteiger partial charge is 0.363 e. The van der Waals surface area contributed by atoms with Gasteiger partial charge in [-0.1, -0.05) is 50.1 Å². The molecule has 3 aromatic rings. The molecule has 2 aromatic heterocycles. The van der Waals surface area contributed by atoms with E-state index in [1.165, 1.54) is 31.2 Å². The number of hydrogen-bond donors (Lipinski definition) is 1. The Bertz CT molecular complexity index is 805. The molecule has 24 heavy (non-hydrogen) atoms. The van der Waals surface area contributed by atoms with Crippen molar-refractivity contribution in [2.75, 3.05) is 5.32 Å². The molecule has 1 aliphatic carbocycles. The maximum atomic E-state index is 4.54. The molecule has 1 fully saturated rings. The summed E-state index contributed by atoms with van der Waals surface area (Å²) in [6.45, 7) is 2.12. The first-order valence-corrected chi connectivity index (χ1v) is 8.86. The minimum Gasteiger partial charge on any atom is -0.363 e. The predicted molar refractivity (Wildman–Crippen MR) is 94.9 cm³/mol. The van der Waals surface area contributed by atoms with Gasteiger partial charge in [0, 0.05) is 11.8 Å². The minimum atomic E-state index is 0.299. The second-order valence-corrected chi connectivity index (χ2v) is 6.54. The smallest absolute Gasteiger partial charge is 0.254 e. The average molecular weight is 321 g/mol. The van der Waals surface area contributed by atoms with Crippen molar-refractivity contribution in [3.63, 3.8) is 0 Å². The third-order valence-corrected chi connectivity index (χ3v) is 5.00. The van der Waals surface area contributed by atoms with Crippen LogP contribution >= 0.6 is 0 Å². The Morgan fingerprint density at radius 2 is 2.00 bits per heavy atom. The monoisotopic (exact) mass is 321 g/mol. The highest BCUT2D eigenvalue weighted by Gasteiger charge is 2.27. The number of aryl methyl sites for hydroxylation is 1. The van der Waals surface area contributed by atoms with Crippen LogP contribution in [0.4, 0.5) is 5.82 Å². The summed E-state index contributed by atoms with van der Waals surface area (Å²) in [5.41, 5.74) is 2.38. The van der Waals surface area contributed by atoms with E-state index < -0.39 is 0 Å². The maximum absolute atomic E-state index is 4.54. The number of aromatic nitrogens is 4. The van der Waals surface area contributed by atoms with Crippen molar-refractivity contribution in [2.45, 2.75) is 45.1 Å². The van der Waals surface area contributed by atoms with E-state index in [-0.39, 0.29) is 0 Å². The van der Waals surface area contributed by atoms with Gasteiger partial charge in [-0.3, -0.25) is 0 Å². The zero-order valence-corrected chi connectivity index (χ0v) is 14.0. The van der Waals surface area contributed by atoms with E-state index in [2.05, 4.69) is 63.7 Å². The lowest BCUT2D eigenvalue weighted by Gasteiger charge is -2.26. The molecule has 1 aliphatic rings. The van der Waals surface area contributed by atoms with Crippen molar-refractivity contribution in [3.05, 3.63) is 54.0 Å². The Morgan fingerprint density at radius 3 is 2.75 bits per heavy atom. The number of benzene rings is 1. The molecule has 1 saturated carbocycles. The predicted octanol–water partition coefficient (Wildman–Crippen LogP) is 4.03. The number of hydrogen-bond acceptors (Lipinski definition) is 4. The van der Waals surface area contributed by atoms with Gasteiger partial charge in [0.1, 0.15) is 12.1 Å². The van der Waals surface area contributed by atoms with E-state index in [0.717, 1.165) is 17.9 Å². The van der Waals surface area contributed by atoms with E-state index in [0.29, 0.717) is 17.7 Å². The lowest BCUT2D eigenvalue weighted by atomic mass is 9.91. The first kappa shape index (κ1) is 15.1. The van der Waals surface area contributed by atoms with Gasteiger partial charge in [0.2, 0.25) is 0 Å². The van der Waals surface area contributed by atoms with Crippen LogP contribution in [0.15, 0.2) is 42.7 Å². The van der Waals surface area contributed by atoms with Gasteiger partial charge < -0.3 is 5.32 Å². The maximum Gasteiger partial charge on any atom is 0.254 e. The fourth-order valence-electron chi connectivity index (χ4n) is 3.73. The molecule has 1 aromatic carbocycles. The highest BCUT2D eigenvalue weighted by molar-refractivity contribution is 5.47. The van der Waals surface area contributed by atoms with Crippen LogP contribution in [0.1, 0.15) is 49.9 Å². The van der Waals surface area contributed by atoms with Crippen molar-refractivity contribution < 1.29 is 0 Å². The molecule has 0 saturated heterocycles. The summed E-state index contributed by atoms with van der Waals surface area (Å²) in [5, 5.41) is 8.11. The van der Waals surface area contributed by atoms with Crippen molar-refractivity contribution in [1.82, 2.24) is 19.6 Å². The molecule has 0 amide bonds. The van der Waals surface area contributed by atoms with Gasteiger partial charge in [-0.15, -0.1) is 0 Å². The number of fused-ring (bicyclic) bond motifs is 1. The van der Waals surface area contributed by atoms with E-state index in [4.69, 9.17) is 0 Å². The van der Waals surface area contributed by atoms with E-state index in [9.17, 15) is 0 Å². The number of nitrogens with zero attached hydrogens (tertiary/aromatic N) is 4. The van der Waals surface area contributed by atoms with Gasteiger partial charge >= 0.3 is 0 Å². The second-order valence-electron chi connectivity index (χ2n) is 6.54. The Balaban J connectivity index is 1.73. The fourth-order valence-corrected chi connectivity index (χ4v) is 3.73. The third kappa shape index (κ3) is 2.86. The van der Waals surface area contributed by atoms with Crippen LogP contribution in [-0.4, -0.2) is 19.6 Å². The van der Waals surface area contributed by atoms with Gasteiger partial charge in [0.25, 0.3) is 5.78 Å². The van der Waals surface area contributed by atoms with Gasteiger partial charge in [0.05, 0.1) is 6.04 Å². The van der Waals surface area contributed by atoms with Crippen LogP contribution in [0.25, 0.3) is 5.78 Å². The molecule has 124 valence electrons. The molecule has 1 N–H and O–H groups in total. The second kappa shape index (κ2) is 6.59. The van der Waals surface area contributed by atoms with E-state index in [1.807, 2.05) is 4.52 Å². The van der Waals surface area contributed by atoms with Crippen LogP contribution in [0.3, 0.4) is 0 Å². The van der Waals surface area contributed by atoms with Crippen molar-refractivity contribution in [2.24, 2.45) is 5.92 Å². The Labute approximate surface area is 142 Å². The molecule has 0 spiro atoms. The normalized spacial score (nSPS) is 16.5. The van der Waals surface area contributed by atoms with E-state index >= 15 is 0 Å². The molecule has 2 heterocycles. The summed E-state index contributed by atoms with van der Waals surface area (Å²) in [6, 6.07) is 13.2. The fraction of sp³-hybridized carbons (Fsp3) is 0.421. The molecular formula is C19H23N5. The van der Waals surface area contributed by atoms with Crippen LogP contribution in [0.2, 0.25) is 0 Å². The van der Waals surface area contributed by atoms with Crippen LogP contribution in [0.5, 0.6) is 0 Å². The topological polar surface area (TPSA) is 55.1 Å². The number of nitrogens with one attached hydrogen (secondary N) is 1. The molecule has 1 atom stereocenters. The average Bonchev–Trinajstić information content (AvgIpc) is 3.31. The summed E-state index contributed by atoms with van der Waals surface area (Å²) in [6.07, 6.45) is 7.66. The summed E-state index contributed by atoms with van der Waals surface area (Å²) < 4.78 is 1.81.